The van der Waals surface area contributed by atoms with Crippen molar-refractivity contribution in [3.05, 3.63) is 52.1 Å². The zero-order valence-electron chi connectivity index (χ0n) is 10.6. The number of methoxy groups -OCH3 is 1. The third-order valence-electron chi connectivity index (χ3n) is 2.62. The van der Waals surface area contributed by atoms with Crippen LogP contribution in [0.2, 0.25) is 0 Å². The van der Waals surface area contributed by atoms with E-state index in [0.717, 1.165) is 15.8 Å². The van der Waals surface area contributed by atoms with Crippen LogP contribution in [0.25, 0.3) is 0 Å². The standard InChI is InChI=1S/C14H13BrN2O2/c1-9-7-10(3-4-12(9)19-2)14(18)17-13-8-11(15)5-6-16-13/h3-8H,1-2H3,(H,16,17,18). The van der Waals surface area contributed by atoms with Crippen molar-refractivity contribution < 1.29 is 9.53 Å². The Morgan fingerprint density at radius 3 is 2.74 bits per heavy atom. The lowest BCUT2D eigenvalue weighted by Crippen LogP contribution is -2.13. The van der Waals surface area contributed by atoms with Crippen LogP contribution in [0.4, 0.5) is 5.82 Å². The Kier molecular flexibility index (Phi) is 4.16. The normalized spacial score (nSPS) is 10.1. The molecule has 0 saturated carbocycles. The van der Waals surface area contributed by atoms with Crippen molar-refractivity contribution in [2.75, 3.05) is 12.4 Å². The summed E-state index contributed by atoms with van der Waals surface area (Å²) in [5.74, 6) is 1.07. The predicted molar refractivity (Wildman–Crippen MR) is 77.6 cm³/mol. The number of pyridine rings is 1. The number of nitrogens with one attached hydrogen (secondary N) is 1. The summed E-state index contributed by atoms with van der Waals surface area (Å²) in [7, 11) is 1.60. The highest BCUT2D eigenvalue weighted by molar-refractivity contribution is 9.10. The minimum Gasteiger partial charge on any atom is -0.496 e. The van der Waals surface area contributed by atoms with Gasteiger partial charge in [0, 0.05) is 16.2 Å². The fourth-order valence-corrected chi connectivity index (χ4v) is 2.02. The van der Waals surface area contributed by atoms with Gasteiger partial charge in [0.2, 0.25) is 0 Å². The molecule has 5 heteroatoms. The molecular formula is C14H13BrN2O2. The van der Waals surface area contributed by atoms with E-state index in [4.69, 9.17) is 4.74 Å². The molecule has 0 atom stereocenters. The van der Waals surface area contributed by atoms with E-state index < -0.39 is 0 Å². The summed E-state index contributed by atoms with van der Waals surface area (Å²) in [5, 5.41) is 2.74. The molecule has 98 valence electrons. The average molecular weight is 321 g/mol. The van der Waals surface area contributed by atoms with Crippen LogP contribution in [-0.2, 0) is 0 Å². The molecule has 1 aromatic heterocycles. The molecule has 1 amide bonds. The smallest absolute Gasteiger partial charge is 0.256 e. The molecule has 1 aromatic carbocycles. The Hall–Kier alpha value is -1.88. The molecule has 0 fully saturated rings. The number of amides is 1. The van der Waals surface area contributed by atoms with Gasteiger partial charge >= 0.3 is 0 Å². The molecular weight excluding hydrogens is 308 g/mol. The molecule has 2 aromatic rings. The second kappa shape index (κ2) is 5.84. The van der Waals surface area contributed by atoms with E-state index in [1.807, 2.05) is 6.92 Å². The largest absolute Gasteiger partial charge is 0.496 e. The number of hydrogen-bond acceptors (Lipinski definition) is 3. The molecule has 0 radical (unpaired) electrons. The number of ether oxygens (including phenoxy) is 1. The van der Waals surface area contributed by atoms with Crippen molar-refractivity contribution in [3.63, 3.8) is 0 Å². The maximum absolute atomic E-state index is 12.1. The van der Waals surface area contributed by atoms with E-state index in [9.17, 15) is 4.79 Å². The van der Waals surface area contributed by atoms with Gasteiger partial charge in [-0.15, -0.1) is 0 Å². The first-order valence-electron chi connectivity index (χ1n) is 5.67. The van der Waals surface area contributed by atoms with Gasteiger partial charge in [0.25, 0.3) is 5.91 Å². The Morgan fingerprint density at radius 2 is 2.11 bits per heavy atom. The van der Waals surface area contributed by atoms with Gasteiger partial charge in [-0.3, -0.25) is 4.79 Å². The topological polar surface area (TPSA) is 51.2 Å². The number of rotatable bonds is 3. The van der Waals surface area contributed by atoms with Crippen molar-refractivity contribution in [2.24, 2.45) is 0 Å². The number of hydrogen-bond donors (Lipinski definition) is 1. The molecule has 0 aliphatic carbocycles. The van der Waals surface area contributed by atoms with Gasteiger partial charge in [0.15, 0.2) is 0 Å². The van der Waals surface area contributed by atoms with Crippen LogP contribution in [0.15, 0.2) is 41.0 Å². The van der Waals surface area contributed by atoms with E-state index in [-0.39, 0.29) is 5.91 Å². The number of halogens is 1. The first-order valence-corrected chi connectivity index (χ1v) is 6.47. The van der Waals surface area contributed by atoms with E-state index in [2.05, 4.69) is 26.2 Å². The quantitative estimate of drug-likeness (QED) is 0.942. The lowest BCUT2D eigenvalue weighted by atomic mass is 10.1. The highest BCUT2D eigenvalue weighted by Crippen LogP contribution is 2.19. The number of benzene rings is 1. The number of carbonyl (C=O) groups is 1. The third kappa shape index (κ3) is 3.32. The van der Waals surface area contributed by atoms with Crippen molar-refractivity contribution >= 4 is 27.7 Å². The van der Waals surface area contributed by atoms with Gasteiger partial charge in [-0.2, -0.15) is 0 Å². The maximum Gasteiger partial charge on any atom is 0.256 e. The van der Waals surface area contributed by atoms with Crippen molar-refractivity contribution in [3.8, 4) is 5.75 Å². The van der Waals surface area contributed by atoms with Crippen LogP contribution in [0, 0.1) is 6.92 Å². The molecule has 1 N–H and O–H groups in total. The van der Waals surface area contributed by atoms with Gasteiger partial charge in [0.05, 0.1) is 7.11 Å². The molecule has 0 saturated heterocycles. The second-order valence-electron chi connectivity index (χ2n) is 4.00. The van der Waals surface area contributed by atoms with Gasteiger partial charge in [-0.25, -0.2) is 4.98 Å². The summed E-state index contributed by atoms with van der Waals surface area (Å²) in [5.41, 5.74) is 1.48. The predicted octanol–water partition coefficient (Wildman–Crippen LogP) is 3.41. The van der Waals surface area contributed by atoms with E-state index in [1.165, 1.54) is 0 Å². The molecule has 0 aliphatic rings. The van der Waals surface area contributed by atoms with Crippen LogP contribution < -0.4 is 10.1 Å². The van der Waals surface area contributed by atoms with E-state index in [0.29, 0.717) is 11.4 Å². The lowest BCUT2D eigenvalue weighted by molar-refractivity contribution is 0.102. The number of aryl methyl sites for hydroxylation is 1. The Balaban J connectivity index is 2.18. The van der Waals surface area contributed by atoms with Crippen LogP contribution in [0.1, 0.15) is 15.9 Å². The summed E-state index contributed by atoms with van der Waals surface area (Å²) in [4.78, 5) is 16.1. The fraction of sp³-hybridized carbons (Fsp3) is 0.143. The minimum atomic E-state index is -0.198. The van der Waals surface area contributed by atoms with Gasteiger partial charge in [0.1, 0.15) is 11.6 Å². The number of anilines is 1. The lowest BCUT2D eigenvalue weighted by Gasteiger charge is -2.08. The number of aromatic nitrogens is 1. The zero-order chi connectivity index (χ0) is 13.8. The molecule has 0 aliphatic heterocycles. The number of nitrogens with zero attached hydrogens (tertiary/aromatic N) is 1. The van der Waals surface area contributed by atoms with E-state index >= 15 is 0 Å². The molecule has 0 unspecified atom stereocenters. The zero-order valence-corrected chi connectivity index (χ0v) is 12.2. The Labute approximate surface area is 119 Å². The van der Waals surface area contributed by atoms with Crippen LogP contribution >= 0.6 is 15.9 Å². The molecule has 0 bridgehead atoms. The first kappa shape index (κ1) is 13.5. The average Bonchev–Trinajstić information content (AvgIpc) is 2.38. The van der Waals surface area contributed by atoms with Crippen LogP contribution in [0.3, 0.4) is 0 Å². The monoisotopic (exact) mass is 320 g/mol. The second-order valence-corrected chi connectivity index (χ2v) is 4.91. The molecule has 2 rings (SSSR count). The molecule has 1 heterocycles. The Bertz CT molecular complexity index is 614. The van der Waals surface area contributed by atoms with Crippen molar-refractivity contribution in [1.29, 1.82) is 0 Å². The molecule has 0 spiro atoms. The van der Waals surface area contributed by atoms with E-state index in [1.54, 1.807) is 43.6 Å². The third-order valence-corrected chi connectivity index (χ3v) is 3.11. The molecule has 4 nitrogen and oxygen atoms in total. The summed E-state index contributed by atoms with van der Waals surface area (Å²) < 4.78 is 6.03. The maximum atomic E-state index is 12.1. The summed E-state index contributed by atoms with van der Waals surface area (Å²) in [6.07, 6.45) is 1.62. The fourth-order valence-electron chi connectivity index (χ4n) is 1.68. The number of carbonyl (C=O) groups excluding carboxylic acids is 1. The summed E-state index contributed by atoms with van der Waals surface area (Å²) in [6.45, 7) is 1.90. The van der Waals surface area contributed by atoms with Crippen LogP contribution in [0.5, 0.6) is 5.75 Å². The summed E-state index contributed by atoms with van der Waals surface area (Å²) >= 11 is 3.33. The molecule has 19 heavy (non-hydrogen) atoms. The Morgan fingerprint density at radius 1 is 1.32 bits per heavy atom. The highest BCUT2D eigenvalue weighted by Gasteiger charge is 2.09. The van der Waals surface area contributed by atoms with Gasteiger partial charge in [-0.1, -0.05) is 15.9 Å². The van der Waals surface area contributed by atoms with Crippen molar-refractivity contribution in [2.45, 2.75) is 6.92 Å². The van der Waals surface area contributed by atoms with Gasteiger partial charge < -0.3 is 10.1 Å². The minimum absolute atomic E-state index is 0.198. The highest BCUT2D eigenvalue weighted by atomic mass is 79.9. The first-order chi connectivity index (χ1) is 9.10. The van der Waals surface area contributed by atoms with Gasteiger partial charge in [-0.05, 0) is 42.8 Å². The summed E-state index contributed by atoms with van der Waals surface area (Å²) in [6, 6.07) is 8.82. The SMILES string of the molecule is COc1ccc(C(=O)Nc2cc(Br)ccn2)cc1C. The van der Waals surface area contributed by atoms with Crippen molar-refractivity contribution in [1.82, 2.24) is 4.98 Å². The van der Waals surface area contributed by atoms with Crippen LogP contribution in [-0.4, -0.2) is 18.0 Å².